The van der Waals surface area contributed by atoms with Crippen LogP contribution in [0, 0.1) is 5.92 Å². The van der Waals surface area contributed by atoms with Gasteiger partial charge in [-0.1, -0.05) is 19.8 Å². The quantitative estimate of drug-likeness (QED) is 0.920. The molecule has 6 heteroatoms. The summed E-state index contributed by atoms with van der Waals surface area (Å²) in [4.78, 5) is 14.4. The molecule has 21 heavy (non-hydrogen) atoms. The Kier molecular flexibility index (Phi) is 4.41. The van der Waals surface area contributed by atoms with Crippen molar-refractivity contribution in [2.24, 2.45) is 5.92 Å². The van der Waals surface area contributed by atoms with Crippen LogP contribution in [0.25, 0.3) is 0 Å². The maximum Gasteiger partial charge on any atom is 0.317 e. The molecule has 0 spiro atoms. The molecule has 0 aromatic carbocycles. The van der Waals surface area contributed by atoms with Gasteiger partial charge in [0.05, 0.1) is 0 Å². The van der Waals surface area contributed by atoms with Crippen molar-refractivity contribution in [3.63, 3.8) is 0 Å². The van der Waals surface area contributed by atoms with Crippen molar-refractivity contribution in [2.75, 3.05) is 13.1 Å². The Balaban J connectivity index is 1.48. The van der Waals surface area contributed by atoms with E-state index in [1.54, 1.807) is 6.33 Å². The summed E-state index contributed by atoms with van der Waals surface area (Å²) in [5.41, 5.74) is 0. The highest BCUT2D eigenvalue weighted by Gasteiger charge is 2.37. The van der Waals surface area contributed by atoms with Gasteiger partial charge in [-0.05, 0) is 25.2 Å². The predicted molar refractivity (Wildman–Crippen MR) is 79.9 cm³/mol. The van der Waals surface area contributed by atoms with Crippen molar-refractivity contribution < 1.29 is 4.79 Å². The summed E-state index contributed by atoms with van der Waals surface area (Å²) in [6.07, 6.45) is 8.87. The average molecular weight is 291 g/mol. The van der Waals surface area contributed by atoms with E-state index in [4.69, 9.17) is 0 Å². The Morgan fingerprint density at radius 3 is 3.10 bits per heavy atom. The maximum atomic E-state index is 12.4. The topological polar surface area (TPSA) is 63.1 Å². The molecular formula is C15H25N5O. The lowest BCUT2D eigenvalue weighted by Gasteiger charge is -2.31. The van der Waals surface area contributed by atoms with Gasteiger partial charge in [0.2, 0.25) is 0 Å². The fourth-order valence-electron chi connectivity index (χ4n) is 3.78. The summed E-state index contributed by atoms with van der Waals surface area (Å²) < 4.78 is 2.01. The van der Waals surface area contributed by atoms with E-state index in [1.165, 1.54) is 32.1 Å². The zero-order valence-corrected chi connectivity index (χ0v) is 12.8. The van der Waals surface area contributed by atoms with Crippen LogP contribution in [0.5, 0.6) is 0 Å². The molecule has 0 radical (unpaired) electrons. The molecule has 6 nitrogen and oxygen atoms in total. The van der Waals surface area contributed by atoms with Crippen molar-refractivity contribution >= 4 is 6.03 Å². The number of fused-ring (bicyclic) bond motifs is 1. The van der Waals surface area contributed by atoms with E-state index in [9.17, 15) is 4.79 Å². The standard InChI is InChI=1S/C15H25N5O/c1-2-14-18-17-11-19(14)10-8-16-15(21)20-9-7-12-5-3-4-6-13(12)20/h11-13H,2-10H2,1H3,(H,16,21)/t12-,13+/m1/s1. The molecule has 1 aromatic rings. The number of carbonyl (C=O) groups is 1. The van der Waals surface area contributed by atoms with Crippen molar-refractivity contribution in [1.82, 2.24) is 25.0 Å². The minimum atomic E-state index is 0.107. The van der Waals surface area contributed by atoms with Crippen LogP contribution in [-0.2, 0) is 13.0 Å². The molecule has 1 saturated carbocycles. The molecule has 1 N–H and O–H groups in total. The molecule has 1 aliphatic carbocycles. The number of rotatable bonds is 4. The Bertz CT molecular complexity index is 486. The lowest BCUT2D eigenvalue weighted by Crippen LogP contribution is -2.45. The van der Waals surface area contributed by atoms with E-state index >= 15 is 0 Å². The average Bonchev–Trinajstić information content (AvgIpc) is 3.13. The Morgan fingerprint density at radius 1 is 1.38 bits per heavy atom. The zero-order valence-electron chi connectivity index (χ0n) is 12.8. The highest BCUT2D eigenvalue weighted by molar-refractivity contribution is 5.74. The number of carbonyl (C=O) groups excluding carboxylic acids is 1. The second-order valence-corrected chi connectivity index (χ2v) is 6.12. The van der Waals surface area contributed by atoms with Gasteiger partial charge in [0.15, 0.2) is 0 Å². The van der Waals surface area contributed by atoms with Gasteiger partial charge >= 0.3 is 6.03 Å². The van der Waals surface area contributed by atoms with Gasteiger partial charge in [-0.15, -0.1) is 10.2 Å². The van der Waals surface area contributed by atoms with Gasteiger partial charge in [-0.2, -0.15) is 0 Å². The highest BCUT2D eigenvalue weighted by Crippen LogP contribution is 2.35. The van der Waals surface area contributed by atoms with Crippen molar-refractivity contribution in [1.29, 1.82) is 0 Å². The maximum absolute atomic E-state index is 12.4. The predicted octanol–water partition coefficient (Wildman–Crippen LogP) is 1.81. The monoisotopic (exact) mass is 291 g/mol. The summed E-state index contributed by atoms with van der Waals surface area (Å²) in [6, 6.07) is 0.593. The molecule has 2 amide bonds. The molecule has 2 heterocycles. The lowest BCUT2D eigenvalue weighted by molar-refractivity contribution is 0.169. The number of aryl methyl sites for hydroxylation is 1. The first-order valence-electron chi connectivity index (χ1n) is 8.20. The van der Waals surface area contributed by atoms with Gasteiger partial charge in [0.25, 0.3) is 0 Å². The third kappa shape index (κ3) is 3.04. The third-order valence-corrected chi connectivity index (χ3v) is 4.91. The first-order valence-corrected chi connectivity index (χ1v) is 8.20. The van der Waals surface area contributed by atoms with Crippen LogP contribution >= 0.6 is 0 Å². The molecule has 1 aliphatic heterocycles. The largest absolute Gasteiger partial charge is 0.336 e. The molecule has 1 aromatic heterocycles. The summed E-state index contributed by atoms with van der Waals surface area (Å²) in [5, 5.41) is 11.0. The molecule has 3 rings (SSSR count). The van der Waals surface area contributed by atoms with Gasteiger partial charge < -0.3 is 14.8 Å². The lowest BCUT2D eigenvalue weighted by atomic mass is 9.85. The molecule has 2 atom stereocenters. The summed E-state index contributed by atoms with van der Waals surface area (Å²) in [5.74, 6) is 1.71. The van der Waals surface area contributed by atoms with E-state index in [1.807, 2.05) is 4.57 Å². The van der Waals surface area contributed by atoms with Crippen LogP contribution in [-0.4, -0.2) is 44.8 Å². The van der Waals surface area contributed by atoms with E-state index in [0.717, 1.165) is 31.3 Å². The number of hydrogen-bond acceptors (Lipinski definition) is 3. The normalized spacial score (nSPS) is 24.9. The second-order valence-electron chi connectivity index (χ2n) is 6.12. The van der Waals surface area contributed by atoms with E-state index < -0.39 is 0 Å². The Hall–Kier alpha value is -1.59. The minimum absolute atomic E-state index is 0.107. The van der Waals surface area contributed by atoms with Crippen molar-refractivity contribution in [3.8, 4) is 0 Å². The minimum Gasteiger partial charge on any atom is -0.336 e. The molecular weight excluding hydrogens is 266 g/mol. The molecule has 2 fully saturated rings. The first kappa shape index (κ1) is 14.4. The summed E-state index contributed by atoms with van der Waals surface area (Å²) >= 11 is 0. The summed E-state index contributed by atoms with van der Waals surface area (Å²) in [6.45, 7) is 4.36. The second kappa shape index (κ2) is 6.45. The number of nitrogens with zero attached hydrogens (tertiary/aromatic N) is 4. The van der Waals surface area contributed by atoms with E-state index in [-0.39, 0.29) is 6.03 Å². The Labute approximate surface area is 125 Å². The number of nitrogens with one attached hydrogen (secondary N) is 1. The fraction of sp³-hybridized carbons (Fsp3) is 0.800. The Morgan fingerprint density at radius 2 is 2.24 bits per heavy atom. The SMILES string of the molecule is CCc1nncn1CCNC(=O)N1CC[C@H]2CCCC[C@@H]21. The van der Waals surface area contributed by atoms with E-state index in [2.05, 4.69) is 27.3 Å². The number of aromatic nitrogens is 3. The third-order valence-electron chi connectivity index (χ3n) is 4.91. The van der Waals surface area contributed by atoms with Gasteiger partial charge in [0, 0.05) is 32.1 Å². The van der Waals surface area contributed by atoms with Crippen LogP contribution < -0.4 is 5.32 Å². The molecule has 116 valence electrons. The van der Waals surface area contributed by atoms with Gasteiger partial charge in [-0.3, -0.25) is 0 Å². The van der Waals surface area contributed by atoms with Crippen LogP contribution in [0.4, 0.5) is 4.79 Å². The molecule has 2 aliphatic rings. The van der Waals surface area contributed by atoms with Gasteiger partial charge in [0.1, 0.15) is 12.2 Å². The number of hydrogen-bond donors (Lipinski definition) is 1. The van der Waals surface area contributed by atoms with Crippen LogP contribution in [0.15, 0.2) is 6.33 Å². The molecule has 0 unspecified atom stereocenters. The molecule has 0 bridgehead atoms. The number of likely N-dealkylation sites (tertiary alicyclic amines) is 1. The van der Waals surface area contributed by atoms with Crippen LogP contribution in [0.1, 0.15) is 44.9 Å². The molecule has 1 saturated heterocycles. The zero-order chi connectivity index (χ0) is 14.7. The first-order chi connectivity index (χ1) is 10.3. The van der Waals surface area contributed by atoms with Crippen molar-refractivity contribution in [2.45, 2.75) is 58.0 Å². The fourth-order valence-corrected chi connectivity index (χ4v) is 3.78. The highest BCUT2D eigenvalue weighted by atomic mass is 16.2. The van der Waals surface area contributed by atoms with Crippen LogP contribution in [0.3, 0.4) is 0 Å². The number of urea groups is 1. The van der Waals surface area contributed by atoms with Gasteiger partial charge in [-0.25, -0.2) is 4.79 Å². The van der Waals surface area contributed by atoms with Crippen LogP contribution in [0.2, 0.25) is 0 Å². The smallest absolute Gasteiger partial charge is 0.317 e. The van der Waals surface area contributed by atoms with Crippen molar-refractivity contribution in [3.05, 3.63) is 12.2 Å². The number of amides is 2. The summed E-state index contributed by atoms with van der Waals surface area (Å²) in [7, 11) is 0. The van der Waals surface area contributed by atoms with E-state index in [0.29, 0.717) is 12.6 Å².